The molecule has 0 saturated carbocycles. The minimum Gasteiger partial charge on any atom is -0.494 e. The quantitative estimate of drug-likeness (QED) is 0.284. The molecule has 0 bridgehead atoms. The van der Waals surface area contributed by atoms with Crippen molar-refractivity contribution in [3.63, 3.8) is 0 Å². The fourth-order valence-electron chi connectivity index (χ4n) is 2.79. The molecule has 0 aliphatic carbocycles. The summed E-state index contributed by atoms with van der Waals surface area (Å²) in [4.78, 5) is 0. The molecule has 36 heavy (non-hydrogen) atoms. The molecule has 0 fully saturated rings. The molecule has 17 heteroatoms. The van der Waals surface area contributed by atoms with Gasteiger partial charge in [-0.2, -0.15) is 65.9 Å². The van der Waals surface area contributed by atoms with Crippen LogP contribution in [0.2, 0.25) is 0 Å². The summed E-state index contributed by atoms with van der Waals surface area (Å²) in [5.41, 5.74) is -4.03. The van der Waals surface area contributed by atoms with Crippen molar-refractivity contribution in [1.82, 2.24) is 0 Å². The minimum absolute atomic E-state index is 0.0257. The standard InChI is InChI=1S/C19H17F15O2/c1-3-7-36-11-6-4-5-10(8-11)12(2,35)9-13(20,21)14(22,23)15(24,25)16(26,27)17(28,29)18(30,31)19(32,33)34/h4-6,8,35H,3,7,9H2,1-2H3. The monoisotopic (exact) mass is 562 g/mol. The van der Waals surface area contributed by atoms with Crippen LogP contribution in [0.4, 0.5) is 65.9 Å². The molecule has 0 heterocycles. The van der Waals surface area contributed by atoms with Gasteiger partial charge in [-0.25, -0.2) is 0 Å². The number of benzene rings is 1. The van der Waals surface area contributed by atoms with Gasteiger partial charge in [-0.1, -0.05) is 19.1 Å². The van der Waals surface area contributed by atoms with E-state index in [4.69, 9.17) is 4.74 Å². The van der Waals surface area contributed by atoms with Gasteiger partial charge in [0.1, 0.15) is 5.75 Å². The van der Waals surface area contributed by atoms with Gasteiger partial charge in [0.25, 0.3) is 0 Å². The van der Waals surface area contributed by atoms with Crippen LogP contribution in [0.25, 0.3) is 0 Å². The summed E-state index contributed by atoms with van der Waals surface area (Å²) in [6.45, 7) is 1.96. The second-order valence-corrected chi connectivity index (χ2v) is 7.90. The molecule has 0 spiro atoms. The van der Waals surface area contributed by atoms with Crippen LogP contribution in [0.5, 0.6) is 5.75 Å². The zero-order valence-corrected chi connectivity index (χ0v) is 18.0. The fraction of sp³-hybridized carbons (Fsp3) is 0.684. The van der Waals surface area contributed by atoms with Crippen molar-refractivity contribution in [2.45, 2.75) is 74.0 Å². The van der Waals surface area contributed by atoms with Crippen LogP contribution in [0.15, 0.2) is 24.3 Å². The minimum atomic E-state index is -8.37. The molecule has 1 unspecified atom stereocenters. The molecule has 2 nitrogen and oxygen atoms in total. The van der Waals surface area contributed by atoms with Crippen molar-refractivity contribution in [3.8, 4) is 5.75 Å². The number of aliphatic hydroxyl groups is 1. The molecule has 1 rings (SSSR count). The summed E-state index contributed by atoms with van der Waals surface area (Å²) < 4.78 is 205. The Morgan fingerprint density at radius 3 is 1.58 bits per heavy atom. The van der Waals surface area contributed by atoms with Gasteiger partial charge in [0.15, 0.2) is 0 Å². The van der Waals surface area contributed by atoms with Crippen LogP contribution in [-0.4, -0.2) is 53.4 Å². The number of halogens is 15. The molecule has 1 atom stereocenters. The van der Waals surface area contributed by atoms with E-state index in [9.17, 15) is 71.0 Å². The summed E-state index contributed by atoms with van der Waals surface area (Å²) in [7, 11) is 0. The van der Waals surface area contributed by atoms with Gasteiger partial charge < -0.3 is 9.84 Å². The Bertz CT molecular complexity index is 906. The molecule has 0 radical (unpaired) electrons. The highest BCUT2D eigenvalue weighted by molar-refractivity contribution is 5.32. The van der Waals surface area contributed by atoms with E-state index in [0.717, 1.165) is 18.2 Å². The Balaban J connectivity index is 3.49. The van der Waals surface area contributed by atoms with E-state index in [2.05, 4.69) is 0 Å². The number of ether oxygens (including phenoxy) is 1. The van der Waals surface area contributed by atoms with Crippen LogP contribution in [-0.2, 0) is 5.60 Å². The lowest BCUT2D eigenvalue weighted by Gasteiger charge is -2.42. The van der Waals surface area contributed by atoms with E-state index in [1.54, 1.807) is 6.92 Å². The van der Waals surface area contributed by atoms with Crippen molar-refractivity contribution in [2.75, 3.05) is 6.61 Å². The first kappa shape index (κ1) is 32.0. The SMILES string of the molecule is CCCOc1cccc(C(C)(O)CC(F)(F)C(F)(F)C(F)(F)C(F)(F)C(F)(F)C(F)(F)C(F)(F)F)c1. The predicted octanol–water partition coefficient (Wildman–Crippen LogP) is 7.45. The Hall–Kier alpha value is -2.07. The molecule has 1 aromatic carbocycles. The average molecular weight is 562 g/mol. The Kier molecular flexibility index (Phi) is 8.30. The Morgan fingerprint density at radius 2 is 1.14 bits per heavy atom. The molecule has 0 saturated heterocycles. The summed E-state index contributed by atoms with van der Waals surface area (Å²) in [6.07, 6.45) is -10.1. The average Bonchev–Trinajstić information content (AvgIpc) is 2.70. The van der Waals surface area contributed by atoms with Gasteiger partial charge in [0, 0.05) is 0 Å². The summed E-state index contributed by atoms with van der Waals surface area (Å²) in [5, 5.41) is 10.2. The summed E-state index contributed by atoms with van der Waals surface area (Å²) in [6, 6.07) is 3.72. The first-order valence-electron chi connectivity index (χ1n) is 9.54. The van der Waals surface area contributed by atoms with Gasteiger partial charge in [0.05, 0.1) is 18.6 Å². The number of rotatable bonds is 11. The zero-order valence-electron chi connectivity index (χ0n) is 18.0. The third-order valence-corrected chi connectivity index (χ3v) is 4.89. The molecule has 0 aromatic heterocycles. The van der Waals surface area contributed by atoms with Crippen molar-refractivity contribution < 1.29 is 75.7 Å². The van der Waals surface area contributed by atoms with Crippen molar-refractivity contribution in [2.24, 2.45) is 0 Å². The summed E-state index contributed by atoms with van der Waals surface area (Å²) in [5.74, 6) is -47.3. The highest BCUT2D eigenvalue weighted by Gasteiger charge is 2.93. The van der Waals surface area contributed by atoms with Crippen molar-refractivity contribution in [1.29, 1.82) is 0 Å². The van der Waals surface area contributed by atoms with Crippen LogP contribution in [0, 0.1) is 0 Å². The first-order valence-corrected chi connectivity index (χ1v) is 9.54. The number of alkyl halides is 15. The lowest BCUT2D eigenvalue weighted by molar-refractivity contribution is -0.453. The zero-order chi connectivity index (χ0) is 28.8. The maximum Gasteiger partial charge on any atom is 0.460 e. The molecule has 0 amide bonds. The lowest BCUT2D eigenvalue weighted by Crippen LogP contribution is -2.72. The molecule has 0 aliphatic rings. The van der Waals surface area contributed by atoms with E-state index in [0.29, 0.717) is 13.3 Å². The molecule has 1 aromatic rings. The van der Waals surface area contributed by atoms with Crippen LogP contribution < -0.4 is 4.74 Å². The van der Waals surface area contributed by atoms with Gasteiger partial charge in [0.2, 0.25) is 0 Å². The topological polar surface area (TPSA) is 29.5 Å². The largest absolute Gasteiger partial charge is 0.494 e. The van der Waals surface area contributed by atoms with Gasteiger partial charge in [-0.3, -0.25) is 0 Å². The number of hydrogen-bond acceptors (Lipinski definition) is 2. The van der Waals surface area contributed by atoms with E-state index < -0.39 is 59.3 Å². The Morgan fingerprint density at radius 1 is 0.694 bits per heavy atom. The normalized spacial score (nSPS) is 16.6. The molecule has 210 valence electrons. The molecule has 1 N–H and O–H groups in total. The second-order valence-electron chi connectivity index (χ2n) is 7.90. The van der Waals surface area contributed by atoms with E-state index in [1.165, 1.54) is 6.07 Å². The maximum atomic E-state index is 14.2. The summed E-state index contributed by atoms with van der Waals surface area (Å²) >= 11 is 0. The van der Waals surface area contributed by atoms with Crippen molar-refractivity contribution in [3.05, 3.63) is 29.8 Å². The predicted molar refractivity (Wildman–Crippen MR) is 92.2 cm³/mol. The van der Waals surface area contributed by atoms with E-state index in [1.807, 2.05) is 0 Å². The van der Waals surface area contributed by atoms with E-state index in [-0.39, 0.29) is 12.4 Å². The highest BCUT2D eigenvalue weighted by Crippen LogP contribution is 2.63. The number of hydrogen-bond donors (Lipinski definition) is 1. The van der Waals surface area contributed by atoms with Crippen LogP contribution >= 0.6 is 0 Å². The van der Waals surface area contributed by atoms with Gasteiger partial charge in [-0.05, 0) is 31.0 Å². The maximum absolute atomic E-state index is 14.2. The Labute approximate surface area is 193 Å². The molecule has 0 aliphatic heterocycles. The second kappa shape index (κ2) is 9.35. The smallest absolute Gasteiger partial charge is 0.460 e. The van der Waals surface area contributed by atoms with Crippen LogP contribution in [0.1, 0.15) is 32.3 Å². The molecular formula is C19H17F15O2. The molecular weight excluding hydrogens is 545 g/mol. The third kappa shape index (κ3) is 5.03. The van der Waals surface area contributed by atoms with Crippen molar-refractivity contribution >= 4 is 0 Å². The lowest BCUT2D eigenvalue weighted by atomic mass is 9.83. The third-order valence-electron chi connectivity index (χ3n) is 4.89. The fourth-order valence-corrected chi connectivity index (χ4v) is 2.79. The van der Waals surface area contributed by atoms with Crippen LogP contribution in [0.3, 0.4) is 0 Å². The first-order chi connectivity index (χ1) is 15.7. The highest BCUT2D eigenvalue weighted by atomic mass is 19.4. The van der Waals surface area contributed by atoms with Gasteiger partial charge in [-0.15, -0.1) is 0 Å². The van der Waals surface area contributed by atoms with Gasteiger partial charge >= 0.3 is 41.7 Å². The van der Waals surface area contributed by atoms with E-state index >= 15 is 0 Å².